The van der Waals surface area contributed by atoms with Gasteiger partial charge < -0.3 is 20.9 Å². The number of carbonyl (C=O) groups excluding carboxylic acids is 1. The number of carbonyl (C=O) groups is 1. The summed E-state index contributed by atoms with van der Waals surface area (Å²) in [5.74, 6) is 0. The fourth-order valence-electron chi connectivity index (χ4n) is 4.25. The molecule has 1 fully saturated rings. The van der Waals surface area contributed by atoms with Crippen molar-refractivity contribution in [1.82, 2.24) is 20.0 Å². The molecule has 4 aromatic rings. The maximum Gasteiger partial charge on any atom is 0.319 e. The summed E-state index contributed by atoms with van der Waals surface area (Å²) in [6.07, 6.45) is 3.93. The van der Waals surface area contributed by atoms with Crippen LogP contribution in [0.4, 0.5) is 16.2 Å². The smallest absolute Gasteiger partial charge is 0.319 e. The van der Waals surface area contributed by atoms with Gasteiger partial charge in [0.25, 0.3) is 0 Å². The van der Waals surface area contributed by atoms with E-state index < -0.39 is 0 Å². The van der Waals surface area contributed by atoms with Gasteiger partial charge in [-0.1, -0.05) is 24.3 Å². The highest BCUT2D eigenvalue weighted by molar-refractivity contribution is 5.90. The molecule has 0 radical (unpaired) electrons. The van der Waals surface area contributed by atoms with Crippen molar-refractivity contribution in [3.63, 3.8) is 0 Å². The summed E-state index contributed by atoms with van der Waals surface area (Å²) in [6, 6.07) is 20.6. The lowest BCUT2D eigenvalue weighted by atomic mass is 10.1. The summed E-state index contributed by atoms with van der Waals surface area (Å²) in [6.45, 7) is 6.63. The molecule has 2 aromatic carbocycles. The Balaban J connectivity index is 1.38. The minimum absolute atomic E-state index is 0.208. The molecule has 0 atom stereocenters. The molecule has 3 N–H and O–H groups in total. The molecule has 7 nitrogen and oxygen atoms in total. The minimum atomic E-state index is -0.208. The highest BCUT2D eigenvalue weighted by Crippen LogP contribution is 2.28. The van der Waals surface area contributed by atoms with Gasteiger partial charge in [0.05, 0.1) is 11.9 Å². The van der Waals surface area contributed by atoms with Gasteiger partial charge in [0, 0.05) is 55.9 Å². The lowest BCUT2D eigenvalue weighted by molar-refractivity contribution is 0.252. The monoisotopic (exact) mass is 440 g/mol. The van der Waals surface area contributed by atoms with Crippen LogP contribution in [0.15, 0.2) is 73.1 Å². The van der Waals surface area contributed by atoms with Crippen LogP contribution >= 0.6 is 0 Å². The number of fused-ring (bicyclic) bond motifs is 1. The second-order valence-electron chi connectivity index (χ2n) is 8.14. The highest BCUT2D eigenvalue weighted by atomic mass is 16.2. The number of pyridine rings is 1. The van der Waals surface area contributed by atoms with E-state index >= 15 is 0 Å². The number of imidazole rings is 1. The van der Waals surface area contributed by atoms with Crippen LogP contribution in [0.25, 0.3) is 28.0 Å². The first kappa shape index (κ1) is 21.0. The molecule has 3 heterocycles. The van der Waals surface area contributed by atoms with Crippen LogP contribution in [-0.4, -0.2) is 48.1 Å². The van der Waals surface area contributed by atoms with E-state index in [0.29, 0.717) is 6.54 Å². The molecule has 168 valence electrons. The van der Waals surface area contributed by atoms with Crippen molar-refractivity contribution in [1.29, 1.82) is 0 Å². The van der Waals surface area contributed by atoms with E-state index in [-0.39, 0.29) is 6.03 Å². The molecular formula is C26H28N6O. The number of hydrogen-bond donors (Lipinski definition) is 3. The van der Waals surface area contributed by atoms with Crippen LogP contribution in [0.3, 0.4) is 0 Å². The fourth-order valence-corrected chi connectivity index (χ4v) is 4.25. The number of urea groups is 1. The Bertz CT molecular complexity index is 1260. The summed E-state index contributed by atoms with van der Waals surface area (Å²) in [5.41, 5.74) is 7.18. The van der Waals surface area contributed by atoms with E-state index in [9.17, 15) is 4.79 Å². The number of rotatable bonds is 5. The molecule has 0 aliphatic carbocycles. The van der Waals surface area contributed by atoms with Gasteiger partial charge >= 0.3 is 6.03 Å². The molecule has 0 saturated carbocycles. The van der Waals surface area contributed by atoms with Gasteiger partial charge in [0.15, 0.2) is 0 Å². The van der Waals surface area contributed by atoms with Crippen LogP contribution < -0.4 is 20.9 Å². The SMILES string of the molecule is CCNC(=O)Nc1cccc(-c2cnc3cc(-c4ccc(N5CCNCC5)cc4)ccn23)c1. The Morgan fingerprint density at radius 2 is 1.82 bits per heavy atom. The van der Waals surface area contributed by atoms with E-state index in [1.165, 1.54) is 11.3 Å². The Hall–Kier alpha value is -3.84. The maximum atomic E-state index is 11.9. The topological polar surface area (TPSA) is 73.7 Å². The Kier molecular flexibility index (Phi) is 5.95. The average Bonchev–Trinajstić information content (AvgIpc) is 3.28. The molecular weight excluding hydrogens is 412 g/mol. The number of amides is 2. The minimum Gasteiger partial charge on any atom is -0.369 e. The predicted molar refractivity (Wildman–Crippen MR) is 134 cm³/mol. The normalized spacial score (nSPS) is 13.8. The van der Waals surface area contributed by atoms with Crippen LogP contribution in [-0.2, 0) is 0 Å². The third-order valence-corrected chi connectivity index (χ3v) is 5.95. The number of benzene rings is 2. The van der Waals surface area contributed by atoms with Crippen LogP contribution in [0.1, 0.15) is 6.92 Å². The average molecular weight is 441 g/mol. The largest absolute Gasteiger partial charge is 0.369 e. The number of hydrogen-bond acceptors (Lipinski definition) is 4. The second-order valence-corrected chi connectivity index (χ2v) is 8.14. The van der Waals surface area contributed by atoms with Crippen LogP contribution in [0.5, 0.6) is 0 Å². The molecule has 1 aliphatic heterocycles. The van der Waals surface area contributed by atoms with E-state index in [1.54, 1.807) is 0 Å². The number of nitrogens with one attached hydrogen (secondary N) is 3. The molecule has 2 amide bonds. The van der Waals surface area contributed by atoms with Gasteiger partial charge in [-0.15, -0.1) is 0 Å². The van der Waals surface area contributed by atoms with Crippen molar-refractivity contribution in [2.24, 2.45) is 0 Å². The molecule has 0 spiro atoms. The van der Waals surface area contributed by atoms with E-state index in [0.717, 1.165) is 54.3 Å². The number of anilines is 2. The molecule has 1 aliphatic rings. The van der Waals surface area contributed by atoms with Gasteiger partial charge in [-0.2, -0.15) is 0 Å². The molecule has 7 heteroatoms. The van der Waals surface area contributed by atoms with Crippen molar-refractivity contribution in [2.75, 3.05) is 42.9 Å². The summed E-state index contributed by atoms with van der Waals surface area (Å²) >= 11 is 0. The quantitative estimate of drug-likeness (QED) is 0.434. The zero-order chi connectivity index (χ0) is 22.6. The maximum absolute atomic E-state index is 11.9. The van der Waals surface area contributed by atoms with E-state index in [1.807, 2.05) is 37.4 Å². The zero-order valence-corrected chi connectivity index (χ0v) is 18.7. The third kappa shape index (κ3) is 4.54. The first-order valence-corrected chi connectivity index (χ1v) is 11.4. The fraction of sp³-hybridized carbons (Fsp3) is 0.231. The van der Waals surface area contributed by atoms with Crippen molar-refractivity contribution < 1.29 is 4.79 Å². The highest BCUT2D eigenvalue weighted by Gasteiger charge is 2.12. The summed E-state index contributed by atoms with van der Waals surface area (Å²) in [4.78, 5) is 18.9. The Labute approximate surface area is 193 Å². The van der Waals surface area contributed by atoms with Gasteiger partial charge in [-0.25, -0.2) is 9.78 Å². The summed E-state index contributed by atoms with van der Waals surface area (Å²) in [7, 11) is 0. The number of aromatic nitrogens is 2. The molecule has 33 heavy (non-hydrogen) atoms. The van der Waals surface area contributed by atoms with Crippen LogP contribution in [0, 0.1) is 0 Å². The lowest BCUT2D eigenvalue weighted by Crippen LogP contribution is -2.43. The molecule has 5 rings (SSSR count). The Morgan fingerprint density at radius 1 is 1.00 bits per heavy atom. The first-order valence-electron chi connectivity index (χ1n) is 11.4. The van der Waals surface area contributed by atoms with Crippen molar-refractivity contribution in [3.05, 3.63) is 73.1 Å². The van der Waals surface area contributed by atoms with E-state index in [2.05, 4.69) is 72.8 Å². The standard InChI is InChI=1S/C26H28N6O/c1-2-28-26(33)30-22-5-3-4-21(16-22)24-18-29-25-17-20(10-13-32(24)25)19-6-8-23(9-7-19)31-14-11-27-12-15-31/h3-10,13,16-18,27H,2,11-12,14-15H2,1H3,(H2,28,30,33). The molecule has 0 bridgehead atoms. The molecule has 2 aromatic heterocycles. The number of piperazine rings is 1. The molecule has 1 saturated heterocycles. The predicted octanol–water partition coefficient (Wildman–Crippen LogP) is 4.22. The first-order chi connectivity index (χ1) is 16.2. The van der Waals surface area contributed by atoms with Gasteiger partial charge in [0.1, 0.15) is 5.65 Å². The lowest BCUT2D eigenvalue weighted by Gasteiger charge is -2.29. The number of nitrogens with zero attached hydrogens (tertiary/aromatic N) is 3. The second kappa shape index (κ2) is 9.34. The van der Waals surface area contributed by atoms with Crippen molar-refractivity contribution >= 4 is 23.1 Å². The van der Waals surface area contributed by atoms with Gasteiger partial charge in [-0.3, -0.25) is 4.40 Å². The Morgan fingerprint density at radius 3 is 2.61 bits per heavy atom. The van der Waals surface area contributed by atoms with Crippen LogP contribution in [0.2, 0.25) is 0 Å². The van der Waals surface area contributed by atoms with Crippen molar-refractivity contribution in [3.8, 4) is 22.4 Å². The van der Waals surface area contributed by atoms with Gasteiger partial charge in [0.2, 0.25) is 0 Å². The summed E-state index contributed by atoms with van der Waals surface area (Å²) in [5, 5.41) is 9.01. The summed E-state index contributed by atoms with van der Waals surface area (Å²) < 4.78 is 2.07. The third-order valence-electron chi connectivity index (χ3n) is 5.95. The van der Waals surface area contributed by atoms with Gasteiger partial charge in [-0.05, 0) is 54.4 Å². The molecule has 0 unspecified atom stereocenters. The zero-order valence-electron chi connectivity index (χ0n) is 18.7. The van der Waals surface area contributed by atoms with Crippen molar-refractivity contribution in [2.45, 2.75) is 6.92 Å². The van der Waals surface area contributed by atoms with E-state index in [4.69, 9.17) is 0 Å².